The third kappa shape index (κ3) is 3.24. The van der Waals surface area contributed by atoms with Gasteiger partial charge in [0.25, 0.3) is 0 Å². The average Bonchev–Trinajstić information content (AvgIpc) is 2.43. The van der Waals surface area contributed by atoms with Gasteiger partial charge in [0.2, 0.25) is 0 Å². The number of methoxy groups -OCH3 is 2. The van der Waals surface area contributed by atoms with Crippen molar-refractivity contribution >= 4 is 5.78 Å². The third-order valence-electron chi connectivity index (χ3n) is 2.99. The maximum atomic E-state index is 11.5. The molecule has 0 aliphatic heterocycles. The molecule has 0 aromatic heterocycles. The summed E-state index contributed by atoms with van der Waals surface area (Å²) in [5, 5.41) is 0. The van der Waals surface area contributed by atoms with Crippen LogP contribution in [0, 0.1) is 0 Å². The van der Waals surface area contributed by atoms with Crippen LogP contribution in [0.3, 0.4) is 0 Å². The molecule has 2 atom stereocenters. The summed E-state index contributed by atoms with van der Waals surface area (Å²) in [5.41, 5.74) is 0. The molecule has 0 spiro atoms. The van der Waals surface area contributed by atoms with E-state index in [1.54, 1.807) is 14.2 Å². The maximum absolute atomic E-state index is 11.5. The number of para-hydroxylation sites is 2. The highest BCUT2D eigenvalue weighted by atomic mass is 16.6. The summed E-state index contributed by atoms with van der Waals surface area (Å²) in [6.45, 7) is 0.851. The molecule has 0 amide bonds. The highest BCUT2D eigenvalue weighted by Gasteiger charge is 2.43. The average molecular weight is 266 g/mol. The highest BCUT2D eigenvalue weighted by molar-refractivity contribution is 5.90. The Morgan fingerprint density at radius 1 is 1.16 bits per heavy atom. The van der Waals surface area contributed by atoms with Crippen LogP contribution < -0.4 is 9.47 Å². The number of hydrogen-bond acceptors (Lipinski definition) is 5. The van der Waals surface area contributed by atoms with Gasteiger partial charge in [0.05, 0.1) is 20.3 Å². The van der Waals surface area contributed by atoms with Gasteiger partial charge in [0.15, 0.2) is 23.4 Å². The summed E-state index contributed by atoms with van der Waals surface area (Å²) < 4.78 is 21.3. The van der Waals surface area contributed by atoms with Crippen LogP contribution in [0.25, 0.3) is 0 Å². The summed E-state index contributed by atoms with van der Waals surface area (Å²) in [6.07, 6.45) is -0.379. The van der Waals surface area contributed by atoms with Crippen LogP contribution in [0.15, 0.2) is 24.3 Å². The Balaban J connectivity index is 1.93. The van der Waals surface area contributed by atoms with Crippen molar-refractivity contribution in [1.29, 1.82) is 0 Å². The van der Waals surface area contributed by atoms with Crippen molar-refractivity contribution in [3.05, 3.63) is 24.3 Å². The number of ketones is 1. The van der Waals surface area contributed by atoms with Crippen LogP contribution in [0.4, 0.5) is 0 Å². The Morgan fingerprint density at radius 2 is 1.89 bits per heavy atom. The van der Waals surface area contributed by atoms with E-state index in [0.29, 0.717) is 31.1 Å². The van der Waals surface area contributed by atoms with Gasteiger partial charge in [0.1, 0.15) is 6.10 Å². The van der Waals surface area contributed by atoms with Gasteiger partial charge in [-0.25, -0.2) is 0 Å². The fourth-order valence-corrected chi connectivity index (χ4v) is 1.91. The van der Waals surface area contributed by atoms with E-state index in [4.69, 9.17) is 18.9 Å². The molecule has 0 radical (unpaired) electrons. The van der Waals surface area contributed by atoms with Crippen LogP contribution in [0.5, 0.6) is 11.5 Å². The third-order valence-corrected chi connectivity index (χ3v) is 2.99. The monoisotopic (exact) mass is 266 g/mol. The van der Waals surface area contributed by atoms with E-state index >= 15 is 0 Å². The number of rotatable bonds is 7. The molecule has 1 saturated carbocycles. The van der Waals surface area contributed by atoms with Gasteiger partial charge in [0, 0.05) is 13.5 Å². The molecule has 5 nitrogen and oxygen atoms in total. The lowest BCUT2D eigenvalue weighted by molar-refractivity contribution is -0.156. The van der Waals surface area contributed by atoms with Crippen LogP contribution in [0.2, 0.25) is 0 Å². The Morgan fingerprint density at radius 3 is 2.53 bits per heavy atom. The lowest BCUT2D eigenvalue weighted by Crippen LogP contribution is -2.52. The molecule has 2 rings (SSSR count). The van der Waals surface area contributed by atoms with Crippen LogP contribution >= 0.6 is 0 Å². The highest BCUT2D eigenvalue weighted by Crippen LogP contribution is 2.31. The predicted molar refractivity (Wildman–Crippen MR) is 68.7 cm³/mol. The molecule has 1 aliphatic carbocycles. The summed E-state index contributed by atoms with van der Waals surface area (Å²) in [6, 6.07) is 7.35. The molecule has 2 unspecified atom stereocenters. The van der Waals surface area contributed by atoms with Crippen molar-refractivity contribution in [3.8, 4) is 11.5 Å². The minimum Gasteiger partial charge on any atom is -0.493 e. The Kier molecular flexibility index (Phi) is 4.76. The number of carbonyl (C=O) groups is 1. The number of carbonyl (C=O) groups excluding carboxylic acids is 1. The minimum atomic E-state index is -0.500. The van der Waals surface area contributed by atoms with E-state index in [2.05, 4.69) is 0 Å². The topological polar surface area (TPSA) is 54.0 Å². The van der Waals surface area contributed by atoms with Gasteiger partial charge in [-0.05, 0) is 12.1 Å². The summed E-state index contributed by atoms with van der Waals surface area (Å²) in [5.74, 6) is 1.34. The zero-order chi connectivity index (χ0) is 13.7. The fourth-order valence-electron chi connectivity index (χ4n) is 1.91. The molecule has 1 fully saturated rings. The van der Waals surface area contributed by atoms with Gasteiger partial charge in [-0.2, -0.15) is 0 Å². The summed E-state index contributed by atoms with van der Waals surface area (Å²) in [7, 11) is 3.18. The van der Waals surface area contributed by atoms with Crippen LogP contribution in [-0.4, -0.2) is 45.4 Å². The second-order valence-corrected chi connectivity index (χ2v) is 4.26. The smallest absolute Gasteiger partial charge is 0.169 e. The molecule has 1 aliphatic rings. The lowest BCUT2D eigenvalue weighted by atomic mass is 9.90. The zero-order valence-electron chi connectivity index (χ0n) is 11.1. The van der Waals surface area contributed by atoms with Gasteiger partial charge in [-0.3, -0.25) is 4.79 Å². The van der Waals surface area contributed by atoms with Crippen molar-refractivity contribution in [2.24, 2.45) is 0 Å². The molecule has 104 valence electrons. The van der Waals surface area contributed by atoms with Gasteiger partial charge < -0.3 is 18.9 Å². The Labute approximate surface area is 112 Å². The van der Waals surface area contributed by atoms with E-state index in [0.717, 1.165) is 0 Å². The minimum absolute atomic E-state index is 0.0657. The van der Waals surface area contributed by atoms with Crippen LogP contribution in [0.1, 0.15) is 6.42 Å². The van der Waals surface area contributed by atoms with Crippen molar-refractivity contribution < 1.29 is 23.7 Å². The summed E-state index contributed by atoms with van der Waals surface area (Å²) in [4.78, 5) is 11.5. The first kappa shape index (κ1) is 13.8. The normalized spacial score (nSPS) is 21.9. The number of hydrogen-bond donors (Lipinski definition) is 0. The van der Waals surface area contributed by atoms with Gasteiger partial charge >= 0.3 is 0 Å². The molecular weight excluding hydrogens is 248 g/mol. The SMILES string of the molecule is COCCOC1C(=O)CC1Oc1ccccc1OC. The first-order valence-electron chi connectivity index (χ1n) is 6.19. The molecular formula is C14H18O5. The van der Waals surface area contributed by atoms with Crippen molar-refractivity contribution in [3.63, 3.8) is 0 Å². The first-order chi connectivity index (χ1) is 9.26. The van der Waals surface area contributed by atoms with E-state index in [1.165, 1.54) is 0 Å². The zero-order valence-corrected chi connectivity index (χ0v) is 11.1. The molecule has 0 heterocycles. The second kappa shape index (κ2) is 6.54. The van der Waals surface area contributed by atoms with Crippen LogP contribution in [-0.2, 0) is 14.3 Å². The number of ether oxygens (including phenoxy) is 4. The molecule has 0 saturated heterocycles. The fraction of sp³-hybridized carbons (Fsp3) is 0.500. The predicted octanol–water partition coefficient (Wildman–Crippen LogP) is 1.45. The van der Waals surface area contributed by atoms with E-state index in [-0.39, 0.29) is 11.9 Å². The second-order valence-electron chi connectivity index (χ2n) is 4.26. The standard InChI is InChI=1S/C14H18O5/c1-16-7-8-18-14-10(15)9-13(14)19-12-6-4-3-5-11(12)17-2/h3-6,13-14H,7-9H2,1-2H3. The molecule has 1 aromatic carbocycles. The molecule has 0 bridgehead atoms. The van der Waals surface area contributed by atoms with E-state index in [1.807, 2.05) is 24.3 Å². The molecule has 0 N–H and O–H groups in total. The number of Topliss-reactive ketones (excluding diaryl/α,β-unsaturated/α-hetero) is 1. The summed E-state index contributed by atoms with van der Waals surface area (Å²) >= 11 is 0. The van der Waals surface area contributed by atoms with Crippen molar-refractivity contribution in [2.75, 3.05) is 27.4 Å². The Bertz CT molecular complexity index is 432. The van der Waals surface area contributed by atoms with E-state index < -0.39 is 6.10 Å². The molecule has 5 heteroatoms. The van der Waals surface area contributed by atoms with Crippen molar-refractivity contribution in [2.45, 2.75) is 18.6 Å². The lowest BCUT2D eigenvalue weighted by Gasteiger charge is -2.34. The van der Waals surface area contributed by atoms with Gasteiger partial charge in [-0.15, -0.1) is 0 Å². The van der Waals surface area contributed by atoms with Gasteiger partial charge in [-0.1, -0.05) is 12.1 Å². The maximum Gasteiger partial charge on any atom is 0.169 e. The first-order valence-corrected chi connectivity index (χ1v) is 6.19. The van der Waals surface area contributed by atoms with Crippen molar-refractivity contribution in [1.82, 2.24) is 0 Å². The quantitative estimate of drug-likeness (QED) is 0.699. The van der Waals surface area contributed by atoms with E-state index in [9.17, 15) is 4.79 Å². The molecule has 19 heavy (non-hydrogen) atoms. The Hall–Kier alpha value is -1.59. The molecule has 1 aromatic rings. The number of benzene rings is 1. The largest absolute Gasteiger partial charge is 0.493 e.